The fourth-order valence-corrected chi connectivity index (χ4v) is 1.97. The van der Waals surface area contributed by atoms with Crippen molar-refractivity contribution in [3.63, 3.8) is 0 Å². The fourth-order valence-electron chi connectivity index (χ4n) is 1.97. The maximum atomic E-state index is 11.5. The number of nitrogens with one attached hydrogen (secondary N) is 2. The van der Waals surface area contributed by atoms with Crippen LogP contribution in [0.3, 0.4) is 0 Å². The molecule has 1 aliphatic heterocycles. The van der Waals surface area contributed by atoms with Crippen LogP contribution in [0.5, 0.6) is 0 Å². The largest absolute Gasteiger partial charge is 0.378 e. The number of benzene rings is 1. The Kier molecular flexibility index (Phi) is 5.12. The highest BCUT2D eigenvalue weighted by Gasteiger charge is 2.14. The maximum Gasteiger partial charge on any atom is 0.313 e. The third-order valence-corrected chi connectivity index (χ3v) is 3.04. The van der Waals surface area contributed by atoms with E-state index in [0.717, 1.165) is 18.8 Å². The standard InChI is InChI=1S/C14H16N4O3/c15-5-6-16-13(19)14(20)17-11-1-3-12(4-2-11)18-7-9-21-10-8-18/h1-4H,6-10H2,(H,16,19)(H,17,20). The first-order chi connectivity index (χ1) is 10.2. The lowest BCUT2D eigenvalue weighted by atomic mass is 10.2. The molecule has 0 saturated carbocycles. The van der Waals surface area contributed by atoms with Crippen molar-refractivity contribution < 1.29 is 14.3 Å². The number of hydrogen-bond donors (Lipinski definition) is 2. The lowest BCUT2D eigenvalue weighted by Crippen LogP contribution is -2.36. The van der Waals surface area contributed by atoms with Crippen LogP contribution in [0, 0.1) is 11.3 Å². The topological polar surface area (TPSA) is 94.5 Å². The molecule has 1 aliphatic rings. The van der Waals surface area contributed by atoms with Gasteiger partial charge in [-0.25, -0.2) is 0 Å². The van der Waals surface area contributed by atoms with Crippen LogP contribution in [0.4, 0.5) is 11.4 Å². The Morgan fingerprint density at radius 3 is 2.48 bits per heavy atom. The van der Waals surface area contributed by atoms with Crippen LogP contribution in [0.25, 0.3) is 0 Å². The fraction of sp³-hybridized carbons (Fsp3) is 0.357. The minimum Gasteiger partial charge on any atom is -0.378 e. The molecule has 2 amide bonds. The van der Waals surface area contributed by atoms with Gasteiger partial charge in [0.1, 0.15) is 6.54 Å². The molecule has 1 fully saturated rings. The molecule has 1 aromatic rings. The Labute approximate surface area is 122 Å². The van der Waals surface area contributed by atoms with Gasteiger partial charge >= 0.3 is 11.8 Å². The summed E-state index contributed by atoms with van der Waals surface area (Å²) in [6.45, 7) is 2.89. The molecule has 0 spiro atoms. The zero-order chi connectivity index (χ0) is 15.1. The number of rotatable bonds is 3. The third-order valence-electron chi connectivity index (χ3n) is 3.04. The molecule has 1 saturated heterocycles. The van der Waals surface area contributed by atoms with Crippen LogP contribution in [0.15, 0.2) is 24.3 Å². The summed E-state index contributed by atoms with van der Waals surface area (Å²) in [5.41, 5.74) is 1.58. The van der Waals surface area contributed by atoms with Gasteiger partial charge in [0.25, 0.3) is 0 Å². The Morgan fingerprint density at radius 1 is 1.19 bits per heavy atom. The summed E-state index contributed by atoms with van der Waals surface area (Å²) < 4.78 is 5.29. The zero-order valence-corrected chi connectivity index (χ0v) is 11.5. The van der Waals surface area contributed by atoms with E-state index in [-0.39, 0.29) is 6.54 Å². The lowest BCUT2D eigenvalue weighted by molar-refractivity contribution is -0.136. The van der Waals surface area contributed by atoms with Gasteiger partial charge in [0.15, 0.2) is 0 Å². The van der Waals surface area contributed by atoms with Crippen molar-refractivity contribution in [2.75, 3.05) is 43.1 Å². The Bertz CT molecular complexity index is 544. The average Bonchev–Trinajstić information content (AvgIpc) is 2.54. The van der Waals surface area contributed by atoms with Gasteiger partial charge in [-0.2, -0.15) is 5.26 Å². The van der Waals surface area contributed by atoms with Gasteiger partial charge in [-0.1, -0.05) is 0 Å². The summed E-state index contributed by atoms with van der Waals surface area (Å²) >= 11 is 0. The Morgan fingerprint density at radius 2 is 1.86 bits per heavy atom. The summed E-state index contributed by atoms with van der Waals surface area (Å²) in [6.07, 6.45) is 0. The summed E-state index contributed by atoms with van der Waals surface area (Å²) in [5, 5.41) is 13.0. The van der Waals surface area contributed by atoms with E-state index in [1.807, 2.05) is 12.1 Å². The number of ether oxygens (including phenoxy) is 1. The normalized spacial score (nSPS) is 14.1. The Hall–Kier alpha value is -2.59. The highest BCUT2D eigenvalue weighted by Crippen LogP contribution is 2.18. The predicted molar refractivity (Wildman–Crippen MR) is 76.7 cm³/mol. The van der Waals surface area contributed by atoms with E-state index < -0.39 is 11.8 Å². The molecule has 110 valence electrons. The van der Waals surface area contributed by atoms with Crippen molar-refractivity contribution in [2.24, 2.45) is 0 Å². The molecule has 1 aromatic carbocycles. The molecule has 2 N–H and O–H groups in total. The number of carbonyl (C=O) groups is 2. The number of morpholine rings is 1. The van der Waals surface area contributed by atoms with Gasteiger partial charge in [0.2, 0.25) is 0 Å². The van der Waals surface area contributed by atoms with E-state index in [4.69, 9.17) is 10.00 Å². The smallest absolute Gasteiger partial charge is 0.313 e. The molecule has 0 unspecified atom stereocenters. The van der Waals surface area contributed by atoms with Crippen molar-refractivity contribution in [3.05, 3.63) is 24.3 Å². The van der Waals surface area contributed by atoms with Crippen LogP contribution >= 0.6 is 0 Å². The quantitative estimate of drug-likeness (QED) is 0.608. The molecule has 1 heterocycles. The van der Waals surface area contributed by atoms with Crippen molar-refractivity contribution in [1.82, 2.24) is 5.32 Å². The van der Waals surface area contributed by atoms with Gasteiger partial charge in [-0.05, 0) is 24.3 Å². The minimum absolute atomic E-state index is 0.192. The van der Waals surface area contributed by atoms with Crippen molar-refractivity contribution >= 4 is 23.2 Å². The van der Waals surface area contributed by atoms with Crippen LogP contribution in [-0.4, -0.2) is 44.7 Å². The van der Waals surface area contributed by atoms with Gasteiger partial charge in [0, 0.05) is 24.5 Å². The molecule has 0 atom stereocenters. The third kappa shape index (κ3) is 4.19. The highest BCUT2D eigenvalue weighted by molar-refractivity contribution is 6.39. The van der Waals surface area contributed by atoms with Crippen LogP contribution < -0.4 is 15.5 Å². The van der Waals surface area contributed by atoms with E-state index in [9.17, 15) is 9.59 Å². The summed E-state index contributed by atoms with van der Waals surface area (Å²) in [7, 11) is 0. The zero-order valence-electron chi connectivity index (χ0n) is 11.5. The van der Waals surface area contributed by atoms with E-state index in [2.05, 4.69) is 15.5 Å². The molecule has 0 radical (unpaired) electrons. The molecular formula is C14H16N4O3. The number of carbonyl (C=O) groups excluding carboxylic acids is 2. The lowest BCUT2D eigenvalue weighted by Gasteiger charge is -2.28. The number of nitriles is 1. The average molecular weight is 288 g/mol. The number of anilines is 2. The summed E-state index contributed by atoms with van der Waals surface area (Å²) in [6, 6.07) is 8.97. The first-order valence-electron chi connectivity index (χ1n) is 6.59. The van der Waals surface area contributed by atoms with E-state index in [1.54, 1.807) is 18.2 Å². The van der Waals surface area contributed by atoms with E-state index in [0.29, 0.717) is 18.9 Å². The number of hydrogen-bond acceptors (Lipinski definition) is 5. The number of amides is 2. The molecule has 0 bridgehead atoms. The summed E-state index contributed by atoms with van der Waals surface area (Å²) in [4.78, 5) is 25.1. The number of nitrogens with zero attached hydrogens (tertiary/aromatic N) is 2. The summed E-state index contributed by atoms with van der Waals surface area (Å²) in [5.74, 6) is -1.61. The van der Waals surface area contributed by atoms with E-state index in [1.165, 1.54) is 0 Å². The second kappa shape index (κ2) is 7.26. The SMILES string of the molecule is N#CCNC(=O)C(=O)Nc1ccc(N2CCOCC2)cc1. The highest BCUT2D eigenvalue weighted by atomic mass is 16.5. The minimum atomic E-state index is -0.825. The first kappa shape index (κ1) is 14.8. The van der Waals surface area contributed by atoms with Gasteiger partial charge in [-0.15, -0.1) is 0 Å². The van der Waals surface area contributed by atoms with Crippen molar-refractivity contribution in [2.45, 2.75) is 0 Å². The van der Waals surface area contributed by atoms with Gasteiger partial charge < -0.3 is 20.3 Å². The first-order valence-corrected chi connectivity index (χ1v) is 6.59. The molecule has 0 aliphatic carbocycles. The van der Waals surface area contributed by atoms with Crippen molar-refractivity contribution in [3.8, 4) is 6.07 Å². The van der Waals surface area contributed by atoms with Crippen LogP contribution in [0.1, 0.15) is 0 Å². The van der Waals surface area contributed by atoms with Crippen LogP contribution in [-0.2, 0) is 14.3 Å². The molecule has 2 rings (SSSR count). The monoisotopic (exact) mass is 288 g/mol. The molecule has 7 nitrogen and oxygen atoms in total. The second-order valence-electron chi connectivity index (χ2n) is 4.44. The van der Waals surface area contributed by atoms with Gasteiger partial charge in [-0.3, -0.25) is 9.59 Å². The molecule has 7 heteroatoms. The molecule has 0 aromatic heterocycles. The molecular weight excluding hydrogens is 272 g/mol. The molecule has 21 heavy (non-hydrogen) atoms. The van der Waals surface area contributed by atoms with Crippen molar-refractivity contribution in [1.29, 1.82) is 5.26 Å². The Balaban J connectivity index is 1.91. The predicted octanol–water partition coefficient (Wildman–Crippen LogP) is 0.101. The van der Waals surface area contributed by atoms with Gasteiger partial charge in [0.05, 0.1) is 19.3 Å². The second-order valence-corrected chi connectivity index (χ2v) is 4.44. The van der Waals surface area contributed by atoms with E-state index >= 15 is 0 Å². The van der Waals surface area contributed by atoms with Crippen LogP contribution in [0.2, 0.25) is 0 Å². The maximum absolute atomic E-state index is 11.5.